The average molecular weight is 388 g/mol. The highest BCUT2D eigenvalue weighted by Crippen LogP contribution is 2.31. The molecule has 126 valence electrons. The molecule has 0 bridgehead atoms. The second kappa shape index (κ2) is 7.38. The summed E-state index contributed by atoms with van der Waals surface area (Å²) < 4.78 is 10.9. The second-order valence-electron chi connectivity index (χ2n) is 5.01. The Morgan fingerprint density at radius 3 is 2.76 bits per heavy atom. The van der Waals surface area contributed by atoms with Gasteiger partial charge in [-0.25, -0.2) is 4.98 Å². The molecule has 0 aliphatic carbocycles. The smallest absolute Gasteiger partial charge is 0.277 e. The number of thiazole rings is 1. The first-order chi connectivity index (χ1) is 12.3. The van der Waals surface area contributed by atoms with Crippen LogP contribution in [-0.2, 0) is 5.75 Å². The van der Waals surface area contributed by atoms with Crippen molar-refractivity contribution in [3.05, 3.63) is 52.9 Å². The van der Waals surface area contributed by atoms with Crippen LogP contribution in [0.4, 0.5) is 0 Å². The molecule has 1 aromatic carbocycles. The lowest BCUT2D eigenvalue weighted by Crippen LogP contribution is -1.82. The van der Waals surface area contributed by atoms with Crippen molar-refractivity contribution in [2.45, 2.75) is 11.0 Å². The van der Waals surface area contributed by atoms with E-state index in [1.54, 1.807) is 29.8 Å². The third-order valence-electron chi connectivity index (χ3n) is 3.37. The number of methoxy groups -OCH3 is 1. The van der Waals surface area contributed by atoms with Gasteiger partial charge in [0.05, 0.1) is 17.7 Å². The van der Waals surface area contributed by atoms with Crippen LogP contribution in [0.1, 0.15) is 5.69 Å². The first-order valence-electron chi connectivity index (χ1n) is 7.41. The number of benzene rings is 1. The number of hydrogen-bond donors (Lipinski definition) is 0. The Balaban J connectivity index is 1.41. The Morgan fingerprint density at radius 1 is 1.12 bits per heavy atom. The fourth-order valence-corrected chi connectivity index (χ4v) is 4.54. The van der Waals surface area contributed by atoms with Crippen molar-refractivity contribution in [3.8, 4) is 27.1 Å². The van der Waals surface area contributed by atoms with Crippen LogP contribution < -0.4 is 4.74 Å². The maximum atomic E-state index is 5.72. The molecule has 0 saturated heterocycles. The quantitative estimate of drug-likeness (QED) is 0.423. The third kappa shape index (κ3) is 3.76. The van der Waals surface area contributed by atoms with E-state index in [-0.39, 0.29) is 0 Å². The molecule has 0 fully saturated rings. The Hall–Kier alpha value is -2.16. The number of nitrogens with zero attached hydrogens (tertiary/aromatic N) is 3. The predicted octanol–water partition coefficient (Wildman–Crippen LogP) is 5.22. The van der Waals surface area contributed by atoms with Gasteiger partial charge >= 0.3 is 0 Å². The molecule has 4 aromatic rings. The summed E-state index contributed by atoms with van der Waals surface area (Å²) >= 11 is 4.84. The number of thioether (sulfide) groups is 1. The van der Waals surface area contributed by atoms with Crippen molar-refractivity contribution in [2.24, 2.45) is 0 Å². The lowest BCUT2D eigenvalue weighted by Gasteiger charge is -1.99. The highest BCUT2D eigenvalue weighted by atomic mass is 32.2. The highest BCUT2D eigenvalue weighted by Gasteiger charge is 2.11. The van der Waals surface area contributed by atoms with E-state index in [1.807, 2.05) is 30.3 Å². The SMILES string of the molecule is COc1ccc(-c2nnc(SCc3csc(-c4cccs4)n3)o2)cc1. The Labute approximate surface area is 156 Å². The second-order valence-corrected chi connectivity index (χ2v) is 7.74. The molecule has 0 amide bonds. The monoisotopic (exact) mass is 387 g/mol. The molecule has 8 heteroatoms. The summed E-state index contributed by atoms with van der Waals surface area (Å²) in [7, 11) is 1.64. The largest absolute Gasteiger partial charge is 0.497 e. The summed E-state index contributed by atoms with van der Waals surface area (Å²) in [4.78, 5) is 5.85. The van der Waals surface area contributed by atoms with Crippen LogP contribution in [0.15, 0.2) is 56.8 Å². The molecule has 0 unspecified atom stereocenters. The maximum Gasteiger partial charge on any atom is 0.277 e. The van der Waals surface area contributed by atoms with E-state index in [1.165, 1.54) is 16.6 Å². The van der Waals surface area contributed by atoms with E-state index in [0.717, 1.165) is 22.0 Å². The fourth-order valence-electron chi connectivity index (χ4n) is 2.14. The first-order valence-corrected chi connectivity index (χ1v) is 10.2. The van der Waals surface area contributed by atoms with Gasteiger partial charge in [0.2, 0.25) is 5.89 Å². The predicted molar refractivity (Wildman–Crippen MR) is 101 cm³/mol. The fraction of sp³-hybridized carbons (Fsp3) is 0.118. The van der Waals surface area contributed by atoms with Gasteiger partial charge in [0, 0.05) is 16.7 Å². The lowest BCUT2D eigenvalue weighted by atomic mass is 10.2. The minimum atomic E-state index is 0.503. The zero-order valence-electron chi connectivity index (χ0n) is 13.2. The van der Waals surface area contributed by atoms with Crippen LogP contribution in [0.3, 0.4) is 0 Å². The molecular weight excluding hydrogens is 374 g/mol. The molecule has 3 heterocycles. The van der Waals surface area contributed by atoms with Crippen molar-refractivity contribution in [2.75, 3.05) is 7.11 Å². The minimum Gasteiger partial charge on any atom is -0.497 e. The van der Waals surface area contributed by atoms with Crippen LogP contribution >= 0.6 is 34.4 Å². The van der Waals surface area contributed by atoms with Crippen molar-refractivity contribution in [1.82, 2.24) is 15.2 Å². The van der Waals surface area contributed by atoms with Gasteiger partial charge < -0.3 is 9.15 Å². The van der Waals surface area contributed by atoms with E-state index in [2.05, 4.69) is 32.0 Å². The zero-order chi connectivity index (χ0) is 17.1. The normalized spacial score (nSPS) is 10.9. The van der Waals surface area contributed by atoms with Gasteiger partial charge in [-0.1, -0.05) is 17.8 Å². The van der Waals surface area contributed by atoms with Crippen molar-refractivity contribution < 1.29 is 9.15 Å². The van der Waals surface area contributed by atoms with E-state index in [4.69, 9.17) is 9.15 Å². The summed E-state index contributed by atoms with van der Waals surface area (Å²) in [6.07, 6.45) is 0. The third-order valence-corrected chi connectivity index (χ3v) is 6.15. The van der Waals surface area contributed by atoms with Crippen LogP contribution in [-0.4, -0.2) is 22.3 Å². The van der Waals surface area contributed by atoms with Crippen molar-refractivity contribution in [3.63, 3.8) is 0 Å². The van der Waals surface area contributed by atoms with Gasteiger partial charge in [-0.05, 0) is 35.7 Å². The number of rotatable bonds is 6. The number of thiophene rings is 1. The molecular formula is C17H13N3O2S3. The molecule has 0 aliphatic rings. The molecule has 0 N–H and O–H groups in total. The van der Waals surface area contributed by atoms with E-state index >= 15 is 0 Å². The van der Waals surface area contributed by atoms with Gasteiger partial charge in [-0.3, -0.25) is 0 Å². The van der Waals surface area contributed by atoms with E-state index in [9.17, 15) is 0 Å². The average Bonchev–Trinajstić information content (AvgIpc) is 3.41. The maximum absolute atomic E-state index is 5.72. The number of hydrogen-bond acceptors (Lipinski definition) is 8. The molecule has 0 aliphatic heterocycles. The van der Waals surface area contributed by atoms with Crippen LogP contribution in [0.25, 0.3) is 21.3 Å². The van der Waals surface area contributed by atoms with Gasteiger partial charge in [0.15, 0.2) is 0 Å². The summed E-state index contributed by atoms with van der Waals surface area (Å²) in [5.41, 5.74) is 1.89. The van der Waals surface area contributed by atoms with Crippen LogP contribution in [0, 0.1) is 0 Å². The molecule has 4 rings (SSSR count). The molecule has 0 radical (unpaired) electrons. The summed E-state index contributed by atoms with van der Waals surface area (Å²) in [6, 6.07) is 11.7. The molecule has 0 spiro atoms. The lowest BCUT2D eigenvalue weighted by molar-refractivity contribution is 0.414. The summed E-state index contributed by atoms with van der Waals surface area (Å²) in [5.74, 6) is 2.00. The van der Waals surface area contributed by atoms with Crippen LogP contribution in [0.5, 0.6) is 5.75 Å². The topological polar surface area (TPSA) is 61.0 Å². The Morgan fingerprint density at radius 2 is 2.00 bits per heavy atom. The number of ether oxygens (including phenoxy) is 1. The minimum absolute atomic E-state index is 0.503. The molecule has 0 atom stereocenters. The van der Waals surface area contributed by atoms with Gasteiger partial charge in [-0.2, -0.15) is 0 Å². The molecule has 0 saturated carbocycles. The number of aromatic nitrogens is 3. The van der Waals surface area contributed by atoms with Gasteiger partial charge in [0.1, 0.15) is 10.8 Å². The zero-order valence-corrected chi connectivity index (χ0v) is 15.7. The first kappa shape index (κ1) is 16.3. The molecule has 3 aromatic heterocycles. The van der Waals surface area contributed by atoms with Crippen molar-refractivity contribution in [1.29, 1.82) is 0 Å². The van der Waals surface area contributed by atoms with Crippen molar-refractivity contribution >= 4 is 34.4 Å². The summed E-state index contributed by atoms with van der Waals surface area (Å²) in [6.45, 7) is 0. The van der Waals surface area contributed by atoms with Crippen LogP contribution in [0.2, 0.25) is 0 Å². The van der Waals surface area contributed by atoms with Gasteiger partial charge in [-0.15, -0.1) is 32.9 Å². The Bertz CT molecular complexity index is 946. The molecule has 25 heavy (non-hydrogen) atoms. The standard InChI is InChI=1S/C17H13N3O2S3/c1-21-13-6-4-11(5-7-13)15-19-20-17(22-15)25-10-12-9-24-16(18-12)14-3-2-8-23-14/h2-9H,10H2,1H3. The summed E-state index contributed by atoms with van der Waals surface area (Å²) in [5, 5.41) is 13.9. The van der Waals surface area contributed by atoms with Gasteiger partial charge in [0.25, 0.3) is 5.22 Å². The highest BCUT2D eigenvalue weighted by molar-refractivity contribution is 7.98. The van der Waals surface area contributed by atoms with E-state index < -0.39 is 0 Å². The molecule has 5 nitrogen and oxygen atoms in total. The Kier molecular flexibility index (Phi) is 4.82. The van der Waals surface area contributed by atoms with E-state index in [0.29, 0.717) is 16.9 Å².